The van der Waals surface area contributed by atoms with E-state index in [0.29, 0.717) is 31.1 Å². The molecule has 1 fully saturated rings. The van der Waals surface area contributed by atoms with Crippen molar-refractivity contribution in [2.75, 3.05) is 26.2 Å². The van der Waals surface area contributed by atoms with Crippen LogP contribution in [0.4, 0.5) is 0 Å². The van der Waals surface area contributed by atoms with Gasteiger partial charge in [-0.05, 0) is 164 Å². The monoisotopic (exact) mass is 1490 g/mol. The van der Waals surface area contributed by atoms with Crippen LogP contribution < -0.4 is 62.5 Å². The summed E-state index contributed by atoms with van der Waals surface area (Å²) < 4.78 is 18.7. The fraction of sp³-hybridized carbons (Fsp3) is 0.364. The molecule has 0 aromatic heterocycles. The van der Waals surface area contributed by atoms with Crippen LogP contribution in [0.3, 0.4) is 0 Å². The van der Waals surface area contributed by atoms with Crippen LogP contribution in [0.2, 0.25) is 10.0 Å². The molecule has 7 aromatic rings. The molecule has 7 aliphatic rings. The molecule has 17 N–H and O–H groups in total. The van der Waals surface area contributed by atoms with E-state index in [-0.39, 0.29) is 103 Å². The van der Waals surface area contributed by atoms with Crippen molar-refractivity contribution in [3.63, 3.8) is 0 Å². The predicted molar refractivity (Wildman–Crippen MR) is 390 cm³/mol. The number of carbonyl (C=O) groups excluding carboxylic acids is 7. The highest BCUT2D eigenvalue weighted by Gasteiger charge is 2.42. The first-order valence-corrected chi connectivity index (χ1v) is 36.2. The summed E-state index contributed by atoms with van der Waals surface area (Å²) in [5.41, 5.74) is 5.17. The van der Waals surface area contributed by atoms with Crippen molar-refractivity contribution >= 4 is 64.6 Å². The van der Waals surface area contributed by atoms with E-state index in [4.69, 9.17) is 43.1 Å². The Balaban J connectivity index is 1.02. The summed E-state index contributed by atoms with van der Waals surface area (Å²) in [7, 11) is 0. The Bertz CT molecular complexity index is 4560. The lowest BCUT2D eigenvalue weighted by Gasteiger charge is -2.33. The van der Waals surface area contributed by atoms with Gasteiger partial charge in [0, 0.05) is 49.3 Å². The number of nitrogens with zero attached hydrogens (tertiary/aromatic N) is 1. The van der Waals surface area contributed by atoms with E-state index in [9.17, 15) is 40.5 Å². The molecule has 0 radical (unpaired) electrons. The second kappa shape index (κ2) is 32.9. The van der Waals surface area contributed by atoms with Crippen LogP contribution in [0.5, 0.6) is 69.0 Å². The molecule has 9 atom stereocenters. The van der Waals surface area contributed by atoms with Gasteiger partial charge in [-0.3, -0.25) is 33.6 Å². The molecule has 7 heterocycles. The van der Waals surface area contributed by atoms with Crippen molar-refractivity contribution in [3.05, 3.63) is 164 Å². The maximum Gasteiger partial charge on any atom is 0.248 e. The molecule has 27 nitrogen and oxygen atoms in total. The Labute approximate surface area is 620 Å². The highest BCUT2D eigenvalue weighted by atomic mass is 35.5. The maximum absolute atomic E-state index is 16.2. The molecule has 7 aromatic carbocycles. The van der Waals surface area contributed by atoms with Crippen molar-refractivity contribution in [3.8, 4) is 80.1 Å². The third-order valence-electron chi connectivity index (χ3n) is 19.9. The number of piperidine rings is 1. The number of carbonyl (C=O) groups is 7. The second-order valence-electron chi connectivity index (χ2n) is 27.3. The van der Waals surface area contributed by atoms with Crippen molar-refractivity contribution in [2.24, 2.45) is 5.73 Å². The smallest absolute Gasteiger partial charge is 0.248 e. The molecule has 1 saturated heterocycles. The van der Waals surface area contributed by atoms with Crippen LogP contribution in [0.1, 0.15) is 165 Å². The van der Waals surface area contributed by atoms with Crippen LogP contribution in [-0.4, -0.2) is 126 Å². The number of rotatable bonds is 15. The Morgan fingerprint density at radius 2 is 1.20 bits per heavy atom. The van der Waals surface area contributed by atoms with Gasteiger partial charge in [-0.25, -0.2) is 0 Å². The van der Waals surface area contributed by atoms with Gasteiger partial charge in [0.1, 0.15) is 88.6 Å². The van der Waals surface area contributed by atoms with Gasteiger partial charge in [0.05, 0.1) is 15.6 Å². The molecule has 558 valence electrons. The standard InChI is InChI=1S/C77H84Cl2N10O17/c1-3-4-5-6-7-8-10-22-81-37-49-55(93)36-48-61(69(49)95)47-30-41(16-18-53(47)91)63-74(100)88-67(77(103)87-66(48)73(99)82-23-12-25-89-24-11-9-13-38(89)2)68(94)42-17-21-57(51(79)31-42)106-60-34-44-33-59(70(60)96)105-56-20-14-39(26-50(56)78)27-52-71(97)84-64(75(101)86-65(44)76(102)85-63)43-28-45(90)35-46(29-43)104-58-32-40(15-19-54(58)92)62(80)72(98)83-52/h14-21,26,28-36,38,52,62-68,81,90-96H,3-13,22-25,27,37,80H2,1-2H3,(H,82,99)(H,83,98)(H,84,97)(H,85,102)(H,86,101)(H,87,103)(H,88,100)/t38?,52-,62+,63-,64-,65-,66-,67-,68?/m0/s1. The molecule has 14 rings (SSSR count). The quantitative estimate of drug-likeness (QED) is 0.0425. The van der Waals surface area contributed by atoms with Crippen molar-refractivity contribution in [1.82, 2.24) is 47.4 Å². The first kappa shape index (κ1) is 75.1. The lowest BCUT2D eigenvalue weighted by Crippen LogP contribution is -2.56. The summed E-state index contributed by atoms with van der Waals surface area (Å²) in [5, 5.41) is 106. The number of phenolic OH excluding ortho intramolecular Hbond substituents is 6. The number of aliphatic hydroxyl groups excluding tert-OH is 1. The van der Waals surface area contributed by atoms with Crippen LogP contribution >= 0.6 is 23.2 Å². The van der Waals surface area contributed by atoms with Crippen LogP contribution in [0.15, 0.2) is 109 Å². The molecule has 17 bridgehead atoms. The predicted octanol–water partition coefficient (Wildman–Crippen LogP) is 9.12. The van der Waals surface area contributed by atoms with Gasteiger partial charge < -0.3 is 103 Å². The SMILES string of the molecule is CCCCCCCCCNCc1c(O)cc2c(c1O)-c1cc(ccc1O)[C@@H]1NC(=O)[C@H]3NC(=O)[C@H]4NC(=O)[C@H](Cc5ccc(c(Cl)c5)Oc5cc3cc(c5O)Oc3ccc(cc3Cl)C(O)[C@H](NC1=O)C(=O)N[C@@H]2C(=O)NCCCN1CCCCC1C)NC(=O)[C@H](N)c1ccc(O)c(c1)Oc1cc(O)cc4c1. The number of halogens is 2. The van der Waals surface area contributed by atoms with E-state index in [1.165, 1.54) is 78.9 Å². The lowest BCUT2D eigenvalue weighted by atomic mass is 9.87. The Morgan fingerprint density at radius 1 is 0.566 bits per heavy atom. The van der Waals surface area contributed by atoms with E-state index in [1.54, 1.807) is 0 Å². The van der Waals surface area contributed by atoms with Gasteiger partial charge in [0.15, 0.2) is 23.0 Å². The number of aromatic hydroxyl groups is 6. The van der Waals surface area contributed by atoms with Crippen LogP contribution in [0, 0.1) is 0 Å². The average Bonchev–Trinajstić information content (AvgIpc) is 0.752. The van der Waals surface area contributed by atoms with Crippen LogP contribution in [0.25, 0.3) is 11.1 Å². The molecular formula is C77H84Cl2N10O17. The number of ether oxygens (including phenoxy) is 3. The first-order valence-electron chi connectivity index (χ1n) is 35.5. The highest BCUT2D eigenvalue weighted by molar-refractivity contribution is 6.32. The maximum atomic E-state index is 16.2. The second-order valence-corrected chi connectivity index (χ2v) is 28.2. The summed E-state index contributed by atoms with van der Waals surface area (Å²) in [6.45, 7) is 6.16. The van der Waals surface area contributed by atoms with Crippen LogP contribution in [-0.2, 0) is 46.5 Å². The zero-order valence-electron chi connectivity index (χ0n) is 58.1. The molecule has 106 heavy (non-hydrogen) atoms. The van der Waals surface area contributed by atoms with Gasteiger partial charge in [-0.15, -0.1) is 0 Å². The fourth-order valence-corrected chi connectivity index (χ4v) is 14.5. The largest absolute Gasteiger partial charge is 0.508 e. The molecular weight excluding hydrogens is 1410 g/mol. The minimum Gasteiger partial charge on any atom is -0.508 e. The molecule has 2 unspecified atom stereocenters. The van der Waals surface area contributed by atoms with E-state index in [0.717, 1.165) is 101 Å². The molecule has 0 saturated carbocycles. The Hall–Kier alpha value is -10.6. The molecule has 0 aliphatic carbocycles. The molecule has 29 heteroatoms. The van der Waals surface area contributed by atoms with Gasteiger partial charge in [-0.1, -0.05) is 99.3 Å². The fourth-order valence-electron chi connectivity index (χ4n) is 14.0. The van der Waals surface area contributed by atoms with Crippen molar-refractivity contribution in [2.45, 2.75) is 152 Å². The third kappa shape index (κ3) is 16.7. The van der Waals surface area contributed by atoms with E-state index in [1.807, 2.05) is 0 Å². The molecule has 7 aliphatic heterocycles. The highest BCUT2D eigenvalue weighted by Crippen LogP contribution is 2.49. The zero-order chi connectivity index (χ0) is 75.2. The minimum absolute atomic E-state index is 0.0790. The summed E-state index contributed by atoms with van der Waals surface area (Å²) in [6.07, 6.45) is 8.21. The number of amides is 7. The number of unbranched alkanes of at least 4 members (excludes halogenated alkanes) is 6. The van der Waals surface area contributed by atoms with Gasteiger partial charge >= 0.3 is 0 Å². The zero-order valence-corrected chi connectivity index (χ0v) is 59.6. The lowest BCUT2D eigenvalue weighted by molar-refractivity contribution is -0.137. The summed E-state index contributed by atoms with van der Waals surface area (Å²) in [4.78, 5) is 110. The summed E-state index contributed by atoms with van der Waals surface area (Å²) in [6, 6.07) is 9.27. The Kier molecular flexibility index (Phi) is 23.3. The summed E-state index contributed by atoms with van der Waals surface area (Å²) in [5.74, 6) is -13.1. The normalized spacial score (nSPS) is 21.8. The summed E-state index contributed by atoms with van der Waals surface area (Å²) >= 11 is 14.0. The van der Waals surface area contributed by atoms with E-state index < -0.39 is 136 Å². The van der Waals surface area contributed by atoms with Gasteiger partial charge in [0.2, 0.25) is 47.1 Å². The third-order valence-corrected chi connectivity index (χ3v) is 20.5. The van der Waals surface area contributed by atoms with Crippen molar-refractivity contribution in [1.29, 1.82) is 0 Å². The van der Waals surface area contributed by atoms with Gasteiger partial charge in [0.25, 0.3) is 0 Å². The van der Waals surface area contributed by atoms with Gasteiger partial charge in [-0.2, -0.15) is 0 Å². The number of benzene rings is 7. The Morgan fingerprint density at radius 3 is 1.91 bits per heavy atom. The average molecular weight is 1490 g/mol. The molecule has 7 amide bonds. The van der Waals surface area contributed by atoms with E-state index >= 15 is 28.8 Å². The number of nitrogens with two attached hydrogens (primary N) is 1. The number of fused-ring (bicyclic) bond motifs is 14. The first-order chi connectivity index (χ1) is 50.9. The number of nitrogens with one attached hydrogen (secondary N) is 8. The number of hydrogen-bond acceptors (Lipinski definition) is 20. The van der Waals surface area contributed by atoms with Crippen molar-refractivity contribution < 1.29 is 83.5 Å². The minimum atomic E-state index is -2.16. The number of likely N-dealkylation sites (tertiary alicyclic amines) is 1. The molecule has 0 spiro atoms. The topological polar surface area (TPSA) is 414 Å². The van der Waals surface area contributed by atoms with E-state index in [2.05, 4.69) is 61.3 Å². The number of phenols is 6. The number of aliphatic hydroxyl groups is 1. The number of hydrogen-bond donors (Lipinski definition) is 16.